The summed E-state index contributed by atoms with van der Waals surface area (Å²) in [4.78, 5) is 12.4. The van der Waals surface area contributed by atoms with E-state index in [4.69, 9.17) is 14.2 Å². The molecule has 0 aliphatic heterocycles. The molecule has 0 heterocycles. The Hall–Kier alpha value is -3.47. The Bertz CT molecular complexity index is 909. The molecule has 0 fully saturated rings. The SMILES string of the molecule is COc1ccc(CC(=O)Nc2cccc(Oc3ccccc3)c2)cc1OC. The van der Waals surface area contributed by atoms with E-state index < -0.39 is 0 Å². The largest absolute Gasteiger partial charge is 0.493 e. The summed E-state index contributed by atoms with van der Waals surface area (Å²) in [5, 5.41) is 2.89. The maximum Gasteiger partial charge on any atom is 0.228 e. The number of para-hydroxylation sites is 1. The topological polar surface area (TPSA) is 56.8 Å². The molecular formula is C22H21NO4. The predicted octanol–water partition coefficient (Wildman–Crippen LogP) is 4.68. The molecule has 138 valence electrons. The molecule has 1 amide bonds. The van der Waals surface area contributed by atoms with Crippen LogP contribution in [0.4, 0.5) is 5.69 Å². The molecule has 0 aliphatic carbocycles. The molecule has 3 aromatic rings. The van der Waals surface area contributed by atoms with Gasteiger partial charge < -0.3 is 19.5 Å². The van der Waals surface area contributed by atoms with E-state index in [0.29, 0.717) is 22.9 Å². The molecule has 3 rings (SSSR count). The lowest BCUT2D eigenvalue weighted by Crippen LogP contribution is -2.14. The van der Waals surface area contributed by atoms with Crippen molar-refractivity contribution in [3.63, 3.8) is 0 Å². The minimum atomic E-state index is -0.126. The summed E-state index contributed by atoms with van der Waals surface area (Å²) < 4.78 is 16.3. The first-order chi connectivity index (χ1) is 13.2. The Morgan fingerprint density at radius 3 is 2.30 bits per heavy atom. The van der Waals surface area contributed by atoms with E-state index in [1.807, 2.05) is 54.6 Å². The van der Waals surface area contributed by atoms with Gasteiger partial charge in [0.25, 0.3) is 0 Å². The molecule has 0 saturated heterocycles. The van der Waals surface area contributed by atoms with Crippen LogP contribution in [0.5, 0.6) is 23.0 Å². The van der Waals surface area contributed by atoms with Gasteiger partial charge in [0, 0.05) is 11.8 Å². The van der Waals surface area contributed by atoms with Gasteiger partial charge in [0.1, 0.15) is 11.5 Å². The normalized spacial score (nSPS) is 10.1. The molecule has 0 aliphatic rings. The fourth-order valence-corrected chi connectivity index (χ4v) is 2.64. The van der Waals surface area contributed by atoms with Gasteiger partial charge in [0.15, 0.2) is 11.5 Å². The number of nitrogens with one attached hydrogen (secondary N) is 1. The van der Waals surface area contributed by atoms with Gasteiger partial charge in [-0.3, -0.25) is 4.79 Å². The summed E-state index contributed by atoms with van der Waals surface area (Å²) >= 11 is 0. The molecule has 3 aromatic carbocycles. The number of anilines is 1. The summed E-state index contributed by atoms with van der Waals surface area (Å²) in [5.41, 5.74) is 1.51. The fraction of sp³-hybridized carbons (Fsp3) is 0.136. The lowest BCUT2D eigenvalue weighted by molar-refractivity contribution is -0.115. The van der Waals surface area contributed by atoms with Gasteiger partial charge in [-0.1, -0.05) is 30.3 Å². The lowest BCUT2D eigenvalue weighted by Gasteiger charge is -2.11. The molecule has 0 radical (unpaired) electrons. The maximum absolute atomic E-state index is 12.4. The van der Waals surface area contributed by atoms with E-state index in [2.05, 4.69) is 5.32 Å². The zero-order valence-electron chi connectivity index (χ0n) is 15.3. The number of carbonyl (C=O) groups excluding carboxylic acids is 1. The van der Waals surface area contributed by atoms with Crippen LogP contribution in [-0.2, 0) is 11.2 Å². The average molecular weight is 363 g/mol. The molecule has 0 spiro atoms. The highest BCUT2D eigenvalue weighted by Gasteiger charge is 2.09. The van der Waals surface area contributed by atoms with E-state index in [0.717, 1.165) is 11.3 Å². The molecule has 5 heteroatoms. The fourth-order valence-electron chi connectivity index (χ4n) is 2.64. The zero-order chi connectivity index (χ0) is 19.1. The minimum Gasteiger partial charge on any atom is -0.493 e. The molecule has 0 unspecified atom stereocenters. The molecule has 0 saturated carbocycles. The third-order valence-corrected chi connectivity index (χ3v) is 3.91. The third-order valence-electron chi connectivity index (χ3n) is 3.91. The first-order valence-electron chi connectivity index (χ1n) is 8.51. The first kappa shape index (κ1) is 18.3. The molecule has 0 aromatic heterocycles. The molecule has 0 bridgehead atoms. The smallest absolute Gasteiger partial charge is 0.228 e. The van der Waals surface area contributed by atoms with Gasteiger partial charge in [-0.15, -0.1) is 0 Å². The van der Waals surface area contributed by atoms with Crippen molar-refractivity contribution in [2.75, 3.05) is 19.5 Å². The van der Waals surface area contributed by atoms with Crippen LogP contribution in [0.25, 0.3) is 0 Å². The van der Waals surface area contributed by atoms with Gasteiger partial charge in [0.2, 0.25) is 5.91 Å². The number of amides is 1. The molecule has 5 nitrogen and oxygen atoms in total. The van der Waals surface area contributed by atoms with Crippen molar-refractivity contribution < 1.29 is 19.0 Å². The van der Waals surface area contributed by atoms with Crippen LogP contribution < -0.4 is 19.5 Å². The Morgan fingerprint density at radius 1 is 0.815 bits per heavy atom. The Balaban J connectivity index is 1.65. The highest BCUT2D eigenvalue weighted by atomic mass is 16.5. The van der Waals surface area contributed by atoms with Crippen molar-refractivity contribution in [3.05, 3.63) is 78.4 Å². The van der Waals surface area contributed by atoms with Crippen LogP contribution >= 0.6 is 0 Å². The van der Waals surface area contributed by atoms with Crippen molar-refractivity contribution in [1.82, 2.24) is 0 Å². The second-order valence-electron chi connectivity index (χ2n) is 5.86. The summed E-state index contributed by atoms with van der Waals surface area (Å²) in [6.07, 6.45) is 0.226. The number of ether oxygens (including phenoxy) is 3. The second-order valence-corrected chi connectivity index (χ2v) is 5.86. The number of hydrogen-bond donors (Lipinski definition) is 1. The maximum atomic E-state index is 12.4. The van der Waals surface area contributed by atoms with Crippen LogP contribution in [0.15, 0.2) is 72.8 Å². The van der Waals surface area contributed by atoms with Crippen molar-refractivity contribution in [2.24, 2.45) is 0 Å². The van der Waals surface area contributed by atoms with E-state index >= 15 is 0 Å². The van der Waals surface area contributed by atoms with Gasteiger partial charge >= 0.3 is 0 Å². The molecular weight excluding hydrogens is 342 g/mol. The Kier molecular flexibility index (Phi) is 5.94. The highest BCUT2D eigenvalue weighted by molar-refractivity contribution is 5.92. The summed E-state index contributed by atoms with van der Waals surface area (Å²) in [6, 6.07) is 22.2. The van der Waals surface area contributed by atoms with Gasteiger partial charge in [-0.2, -0.15) is 0 Å². The predicted molar refractivity (Wildman–Crippen MR) is 105 cm³/mol. The highest BCUT2D eigenvalue weighted by Crippen LogP contribution is 2.28. The van der Waals surface area contributed by atoms with Crippen molar-refractivity contribution in [3.8, 4) is 23.0 Å². The quantitative estimate of drug-likeness (QED) is 0.662. The van der Waals surface area contributed by atoms with Crippen LogP contribution in [0.1, 0.15) is 5.56 Å². The van der Waals surface area contributed by atoms with Crippen LogP contribution in [0.2, 0.25) is 0 Å². The van der Waals surface area contributed by atoms with Gasteiger partial charge in [-0.05, 0) is 42.0 Å². The molecule has 0 atom stereocenters. The van der Waals surface area contributed by atoms with Crippen molar-refractivity contribution >= 4 is 11.6 Å². The van der Waals surface area contributed by atoms with Gasteiger partial charge in [0.05, 0.1) is 20.6 Å². The minimum absolute atomic E-state index is 0.126. The van der Waals surface area contributed by atoms with E-state index in [-0.39, 0.29) is 12.3 Å². The Morgan fingerprint density at radius 2 is 1.56 bits per heavy atom. The summed E-state index contributed by atoms with van der Waals surface area (Å²) in [7, 11) is 3.15. The number of rotatable bonds is 7. The first-order valence-corrected chi connectivity index (χ1v) is 8.51. The van der Waals surface area contributed by atoms with E-state index in [1.165, 1.54) is 0 Å². The standard InChI is InChI=1S/C22H21NO4/c1-25-20-12-11-16(13-21(20)26-2)14-22(24)23-17-7-6-10-19(15-17)27-18-8-4-3-5-9-18/h3-13,15H,14H2,1-2H3,(H,23,24). The average Bonchev–Trinajstić information content (AvgIpc) is 2.69. The Labute approximate surface area is 158 Å². The van der Waals surface area contributed by atoms with Gasteiger partial charge in [-0.25, -0.2) is 0 Å². The van der Waals surface area contributed by atoms with Crippen LogP contribution in [0, 0.1) is 0 Å². The number of methoxy groups -OCH3 is 2. The molecule has 1 N–H and O–H groups in total. The monoisotopic (exact) mass is 363 g/mol. The second kappa shape index (κ2) is 8.76. The zero-order valence-corrected chi connectivity index (χ0v) is 15.3. The van der Waals surface area contributed by atoms with Crippen molar-refractivity contribution in [1.29, 1.82) is 0 Å². The van der Waals surface area contributed by atoms with Crippen LogP contribution in [0.3, 0.4) is 0 Å². The third kappa shape index (κ3) is 5.01. The van der Waals surface area contributed by atoms with E-state index in [1.54, 1.807) is 32.4 Å². The lowest BCUT2D eigenvalue weighted by atomic mass is 10.1. The summed E-state index contributed by atoms with van der Waals surface area (Å²) in [5.74, 6) is 2.50. The number of hydrogen-bond acceptors (Lipinski definition) is 4. The number of benzene rings is 3. The number of carbonyl (C=O) groups is 1. The van der Waals surface area contributed by atoms with Crippen LogP contribution in [-0.4, -0.2) is 20.1 Å². The van der Waals surface area contributed by atoms with E-state index in [9.17, 15) is 4.79 Å². The molecule has 27 heavy (non-hydrogen) atoms. The van der Waals surface area contributed by atoms with Crippen molar-refractivity contribution in [2.45, 2.75) is 6.42 Å². The summed E-state index contributed by atoms with van der Waals surface area (Å²) in [6.45, 7) is 0.